The minimum Gasteiger partial charge on any atom is -0.340 e. The van der Waals surface area contributed by atoms with Crippen LogP contribution in [0.5, 0.6) is 0 Å². The molecule has 0 aliphatic rings. The van der Waals surface area contributed by atoms with E-state index in [0.717, 1.165) is 28.1 Å². The number of benzene rings is 2. The third-order valence-corrected chi connectivity index (χ3v) is 5.94. The molecule has 2 aromatic carbocycles. The number of hydrogen-bond donors (Lipinski definition) is 2. The van der Waals surface area contributed by atoms with Crippen LogP contribution in [0.3, 0.4) is 0 Å². The van der Waals surface area contributed by atoms with Crippen molar-refractivity contribution in [3.05, 3.63) is 65.2 Å². The Bertz CT molecular complexity index is 1010. The number of hydrogen-bond acceptors (Lipinski definition) is 5. The Kier molecular flexibility index (Phi) is 6.95. The number of amides is 2. The first kappa shape index (κ1) is 21.6. The second kappa shape index (κ2) is 9.63. The standard InChI is InChI=1S/C23H26N4O2S/c1-5-16(4)19(24-20(28)17-10-6-14(2)7-11-17)21(29)25-23-27-26-22(30-23)18-12-8-15(3)9-13-18/h6-13,16,19H,5H2,1-4H3,(H,24,28)(H,25,27,29). The van der Waals surface area contributed by atoms with Gasteiger partial charge in [0.1, 0.15) is 11.0 Å². The lowest BCUT2D eigenvalue weighted by molar-refractivity contribution is -0.119. The van der Waals surface area contributed by atoms with Gasteiger partial charge in [0.15, 0.2) is 0 Å². The third kappa shape index (κ3) is 5.30. The first-order valence-corrected chi connectivity index (χ1v) is 10.8. The average molecular weight is 423 g/mol. The normalized spacial score (nSPS) is 12.8. The molecule has 0 saturated heterocycles. The minimum absolute atomic E-state index is 0.0381. The molecular weight excluding hydrogens is 396 g/mol. The Balaban J connectivity index is 1.72. The Labute approximate surface area is 180 Å². The second-order valence-corrected chi connectivity index (χ2v) is 8.45. The van der Waals surface area contributed by atoms with Crippen LogP contribution in [-0.2, 0) is 4.79 Å². The first-order chi connectivity index (χ1) is 14.4. The van der Waals surface area contributed by atoms with E-state index in [1.165, 1.54) is 11.3 Å². The van der Waals surface area contributed by atoms with Crippen molar-refractivity contribution in [2.75, 3.05) is 5.32 Å². The van der Waals surface area contributed by atoms with E-state index in [1.54, 1.807) is 12.1 Å². The van der Waals surface area contributed by atoms with Crippen LogP contribution in [0.4, 0.5) is 5.13 Å². The van der Waals surface area contributed by atoms with E-state index in [4.69, 9.17) is 0 Å². The number of nitrogens with zero attached hydrogens (tertiary/aromatic N) is 2. The summed E-state index contributed by atoms with van der Waals surface area (Å²) in [6, 6.07) is 14.6. The van der Waals surface area contributed by atoms with E-state index in [-0.39, 0.29) is 17.7 Å². The molecular formula is C23H26N4O2S. The van der Waals surface area contributed by atoms with Crippen LogP contribution in [0.2, 0.25) is 0 Å². The molecule has 2 amide bonds. The second-order valence-electron chi connectivity index (χ2n) is 7.47. The van der Waals surface area contributed by atoms with Gasteiger partial charge in [-0.25, -0.2) is 0 Å². The largest absolute Gasteiger partial charge is 0.340 e. The topological polar surface area (TPSA) is 84.0 Å². The molecule has 0 aliphatic heterocycles. The summed E-state index contributed by atoms with van der Waals surface area (Å²) in [7, 11) is 0. The molecule has 156 valence electrons. The molecule has 2 unspecified atom stereocenters. The number of nitrogens with one attached hydrogen (secondary N) is 2. The molecule has 0 radical (unpaired) electrons. The molecule has 1 aromatic heterocycles. The van der Waals surface area contributed by atoms with Gasteiger partial charge in [0.05, 0.1) is 0 Å². The highest BCUT2D eigenvalue weighted by atomic mass is 32.1. The van der Waals surface area contributed by atoms with Gasteiger partial charge in [-0.3, -0.25) is 14.9 Å². The van der Waals surface area contributed by atoms with Gasteiger partial charge in [-0.2, -0.15) is 0 Å². The maximum atomic E-state index is 12.9. The number of anilines is 1. The monoisotopic (exact) mass is 422 g/mol. The van der Waals surface area contributed by atoms with Crippen molar-refractivity contribution in [2.24, 2.45) is 5.92 Å². The summed E-state index contributed by atoms with van der Waals surface area (Å²) in [6.45, 7) is 7.92. The van der Waals surface area contributed by atoms with Crippen LogP contribution in [0.1, 0.15) is 41.8 Å². The highest BCUT2D eigenvalue weighted by Crippen LogP contribution is 2.26. The molecule has 7 heteroatoms. The zero-order valence-electron chi connectivity index (χ0n) is 17.6. The van der Waals surface area contributed by atoms with E-state index in [2.05, 4.69) is 20.8 Å². The smallest absolute Gasteiger partial charge is 0.251 e. The van der Waals surface area contributed by atoms with E-state index in [9.17, 15) is 9.59 Å². The van der Waals surface area contributed by atoms with Crippen molar-refractivity contribution in [3.63, 3.8) is 0 Å². The maximum absolute atomic E-state index is 12.9. The molecule has 0 spiro atoms. The lowest BCUT2D eigenvalue weighted by Gasteiger charge is -2.23. The van der Waals surface area contributed by atoms with Crippen molar-refractivity contribution >= 4 is 28.3 Å². The summed E-state index contributed by atoms with van der Waals surface area (Å²) >= 11 is 1.31. The summed E-state index contributed by atoms with van der Waals surface area (Å²) < 4.78 is 0. The third-order valence-electron chi connectivity index (χ3n) is 5.05. The fraction of sp³-hybridized carbons (Fsp3) is 0.304. The first-order valence-electron chi connectivity index (χ1n) is 9.96. The molecule has 30 heavy (non-hydrogen) atoms. The van der Waals surface area contributed by atoms with E-state index < -0.39 is 6.04 Å². The quantitative estimate of drug-likeness (QED) is 0.583. The van der Waals surface area contributed by atoms with Gasteiger partial charge in [0, 0.05) is 11.1 Å². The number of carbonyl (C=O) groups excluding carboxylic acids is 2. The molecule has 1 heterocycles. The molecule has 0 aliphatic carbocycles. The van der Waals surface area contributed by atoms with Gasteiger partial charge >= 0.3 is 0 Å². The van der Waals surface area contributed by atoms with Crippen molar-refractivity contribution in [1.82, 2.24) is 15.5 Å². The predicted molar refractivity (Wildman–Crippen MR) is 121 cm³/mol. The van der Waals surface area contributed by atoms with Crippen LogP contribution in [0.15, 0.2) is 48.5 Å². The highest BCUT2D eigenvalue weighted by Gasteiger charge is 2.27. The lowest BCUT2D eigenvalue weighted by atomic mass is 9.98. The predicted octanol–water partition coefficient (Wildman–Crippen LogP) is 4.61. The minimum atomic E-state index is -0.671. The maximum Gasteiger partial charge on any atom is 0.251 e. The Morgan fingerprint density at radius 1 is 0.967 bits per heavy atom. The molecule has 0 bridgehead atoms. The molecule has 6 nitrogen and oxygen atoms in total. The molecule has 3 rings (SSSR count). The van der Waals surface area contributed by atoms with Gasteiger partial charge in [0.25, 0.3) is 5.91 Å². The van der Waals surface area contributed by atoms with Crippen molar-refractivity contribution in [2.45, 2.75) is 40.2 Å². The lowest BCUT2D eigenvalue weighted by Crippen LogP contribution is -2.47. The SMILES string of the molecule is CCC(C)C(NC(=O)c1ccc(C)cc1)C(=O)Nc1nnc(-c2ccc(C)cc2)s1. The van der Waals surface area contributed by atoms with Gasteiger partial charge < -0.3 is 5.32 Å². The number of carbonyl (C=O) groups is 2. The van der Waals surface area contributed by atoms with Crippen LogP contribution in [0, 0.1) is 19.8 Å². The van der Waals surface area contributed by atoms with Gasteiger partial charge in [-0.05, 0) is 31.9 Å². The Hall–Kier alpha value is -3.06. The van der Waals surface area contributed by atoms with Crippen LogP contribution >= 0.6 is 11.3 Å². The zero-order chi connectivity index (χ0) is 21.7. The van der Waals surface area contributed by atoms with E-state index in [0.29, 0.717) is 10.7 Å². The van der Waals surface area contributed by atoms with E-state index in [1.807, 2.05) is 64.1 Å². The highest BCUT2D eigenvalue weighted by molar-refractivity contribution is 7.18. The summed E-state index contributed by atoms with van der Waals surface area (Å²) in [5, 5.41) is 15.1. The van der Waals surface area contributed by atoms with Crippen LogP contribution < -0.4 is 10.6 Å². The summed E-state index contributed by atoms with van der Waals surface area (Å²) in [4.78, 5) is 25.6. The van der Waals surface area contributed by atoms with Crippen LogP contribution in [-0.4, -0.2) is 28.1 Å². The zero-order valence-corrected chi connectivity index (χ0v) is 18.4. The Morgan fingerprint density at radius 3 is 2.17 bits per heavy atom. The number of aromatic nitrogens is 2. The molecule has 2 atom stereocenters. The number of aryl methyl sites for hydroxylation is 2. The summed E-state index contributed by atoms with van der Waals surface area (Å²) in [5.41, 5.74) is 3.71. The van der Waals surface area contributed by atoms with Gasteiger partial charge in [-0.15, -0.1) is 10.2 Å². The average Bonchev–Trinajstić information content (AvgIpc) is 3.20. The molecule has 0 fully saturated rings. The fourth-order valence-electron chi connectivity index (χ4n) is 2.90. The van der Waals surface area contributed by atoms with Gasteiger partial charge in [0.2, 0.25) is 11.0 Å². The molecule has 0 saturated carbocycles. The number of rotatable bonds is 7. The van der Waals surface area contributed by atoms with Crippen molar-refractivity contribution in [1.29, 1.82) is 0 Å². The van der Waals surface area contributed by atoms with Crippen LogP contribution in [0.25, 0.3) is 10.6 Å². The molecule has 2 N–H and O–H groups in total. The molecule has 3 aromatic rings. The van der Waals surface area contributed by atoms with Crippen molar-refractivity contribution in [3.8, 4) is 10.6 Å². The summed E-state index contributed by atoms with van der Waals surface area (Å²) in [6.07, 6.45) is 0.747. The van der Waals surface area contributed by atoms with Crippen molar-refractivity contribution < 1.29 is 9.59 Å². The summed E-state index contributed by atoms with van der Waals surface area (Å²) in [5.74, 6) is -0.603. The fourth-order valence-corrected chi connectivity index (χ4v) is 3.65. The van der Waals surface area contributed by atoms with Gasteiger partial charge in [-0.1, -0.05) is 79.1 Å². The van der Waals surface area contributed by atoms with E-state index >= 15 is 0 Å². The Morgan fingerprint density at radius 2 is 1.57 bits per heavy atom.